The van der Waals surface area contributed by atoms with Crippen LogP contribution >= 0.6 is 23.5 Å². The molecule has 2 aliphatic heterocycles. The van der Waals surface area contributed by atoms with Gasteiger partial charge in [0.2, 0.25) is 0 Å². The predicted octanol–water partition coefficient (Wildman–Crippen LogP) is 8.54. The zero-order chi connectivity index (χ0) is 29.5. The van der Waals surface area contributed by atoms with Crippen LogP contribution in [0.1, 0.15) is 94.1 Å². The molecule has 7 heteroatoms. The van der Waals surface area contributed by atoms with E-state index in [1.165, 1.54) is 23.1 Å². The largest absolute Gasteiger partial charge is 0.491 e. The van der Waals surface area contributed by atoms with Gasteiger partial charge in [0.05, 0.1) is 18.4 Å². The Morgan fingerprint density at radius 1 is 1.07 bits per heavy atom. The van der Waals surface area contributed by atoms with E-state index in [0.29, 0.717) is 35.2 Å². The van der Waals surface area contributed by atoms with Crippen molar-refractivity contribution in [3.8, 4) is 5.75 Å². The lowest BCUT2D eigenvalue weighted by Gasteiger charge is -2.36. The van der Waals surface area contributed by atoms with Crippen molar-refractivity contribution in [2.24, 2.45) is 17.8 Å². The number of anilines is 1. The van der Waals surface area contributed by atoms with Crippen molar-refractivity contribution in [2.45, 2.75) is 90.4 Å². The first-order valence-electron chi connectivity index (χ1n) is 15.5. The van der Waals surface area contributed by atoms with Gasteiger partial charge in [-0.15, -0.1) is 0 Å². The first-order chi connectivity index (χ1) is 19.7. The lowest BCUT2D eigenvalue weighted by atomic mass is 9.83. The summed E-state index contributed by atoms with van der Waals surface area (Å²) in [6.07, 6.45) is 6.67. The van der Waals surface area contributed by atoms with Gasteiger partial charge in [0.15, 0.2) is 0 Å². The molecule has 2 bridgehead atoms. The number of hydrogen-bond acceptors (Lipinski definition) is 5. The molecule has 0 radical (unpaired) electrons. The summed E-state index contributed by atoms with van der Waals surface area (Å²) < 4.78 is 15.8. The number of rotatable bonds is 5. The Balaban J connectivity index is 1.74. The molecule has 1 amide bonds. The Hall–Kier alpha value is -1.89. The molecular weight excluding hydrogens is 552 g/mol. The molecule has 226 valence electrons. The quantitative estimate of drug-likeness (QED) is 0.349. The van der Waals surface area contributed by atoms with Crippen molar-refractivity contribution >= 4 is 35.1 Å². The highest BCUT2D eigenvalue weighted by Gasteiger charge is 2.32. The van der Waals surface area contributed by atoms with Crippen molar-refractivity contribution in [1.29, 1.82) is 0 Å². The Morgan fingerprint density at radius 3 is 2.61 bits per heavy atom. The van der Waals surface area contributed by atoms with Crippen LogP contribution in [0.3, 0.4) is 0 Å². The van der Waals surface area contributed by atoms with Gasteiger partial charge in [-0.1, -0.05) is 71.5 Å². The van der Waals surface area contributed by atoms with Crippen molar-refractivity contribution in [1.82, 2.24) is 4.72 Å². The Kier molecular flexibility index (Phi) is 11.7. The molecule has 1 N–H and O–H groups in total. The maximum Gasteiger partial charge on any atom is 0.261 e. The number of halogens is 1. The van der Waals surface area contributed by atoms with E-state index < -0.39 is 0 Å². The number of fused-ring (bicyclic) bond motifs is 1. The minimum atomic E-state index is -0.0495. The fourth-order valence-corrected chi connectivity index (χ4v) is 7.65. The van der Waals surface area contributed by atoms with Crippen LogP contribution < -0.4 is 14.4 Å². The van der Waals surface area contributed by atoms with Crippen LogP contribution in [-0.2, 0) is 11.2 Å². The average molecular weight is 601 g/mol. The summed E-state index contributed by atoms with van der Waals surface area (Å²) in [5, 5.41) is 1.11. The number of nitrogens with zero attached hydrogens (tertiary/aromatic N) is 1. The maximum absolute atomic E-state index is 13.3. The van der Waals surface area contributed by atoms with Crippen molar-refractivity contribution in [3.05, 3.63) is 58.1 Å². The van der Waals surface area contributed by atoms with Crippen LogP contribution in [0.25, 0.3) is 0 Å². The standard InChI is InChI=1S/C34H49ClN2O3S/c1-7-10-25-17-28(35)14-15-30(25)27-20-37-19-23(4)29(8-2)32(39-6)12-9-11-22(3)24(5)41-36-34(38)26-13-16-33(40-21-27)31(37)18-26/h13-18,22-24,27,29,32H,7-12,19-21H2,1-6H3,(H,36,38). The molecule has 0 spiro atoms. The van der Waals surface area contributed by atoms with E-state index >= 15 is 0 Å². The Labute approximate surface area is 257 Å². The summed E-state index contributed by atoms with van der Waals surface area (Å²) in [5.74, 6) is 2.32. The highest BCUT2D eigenvalue weighted by Crippen LogP contribution is 2.39. The molecule has 0 aliphatic carbocycles. The van der Waals surface area contributed by atoms with Gasteiger partial charge in [-0.3, -0.25) is 9.52 Å². The molecule has 0 saturated heterocycles. The number of aryl methyl sites for hydroxylation is 1. The first-order valence-corrected chi connectivity index (χ1v) is 16.8. The number of amides is 1. The first kappa shape index (κ1) is 32.0. The molecule has 5 nitrogen and oxygen atoms in total. The number of carbonyl (C=O) groups is 1. The number of benzene rings is 2. The fourth-order valence-electron chi connectivity index (χ4n) is 6.67. The van der Waals surface area contributed by atoms with Gasteiger partial charge in [0.25, 0.3) is 5.91 Å². The van der Waals surface area contributed by atoms with Crippen molar-refractivity contribution < 1.29 is 14.3 Å². The number of ether oxygens (including phenoxy) is 2. The molecule has 2 aliphatic rings. The van der Waals surface area contributed by atoms with E-state index in [4.69, 9.17) is 21.1 Å². The van der Waals surface area contributed by atoms with E-state index in [-0.39, 0.29) is 17.9 Å². The van der Waals surface area contributed by atoms with E-state index in [1.54, 1.807) is 0 Å². The van der Waals surface area contributed by atoms with Crippen LogP contribution in [0.5, 0.6) is 5.75 Å². The molecule has 41 heavy (non-hydrogen) atoms. The Bertz CT molecular complexity index is 1160. The molecule has 2 heterocycles. The van der Waals surface area contributed by atoms with E-state index in [0.717, 1.165) is 68.1 Å². The predicted molar refractivity (Wildman–Crippen MR) is 174 cm³/mol. The molecule has 0 saturated carbocycles. The van der Waals surface area contributed by atoms with Gasteiger partial charge in [0.1, 0.15) is 5.75 Å². The van der Waals surface area contributed by atoms with Gasteiger partial charge in [-0.25, -0.2) is 0 Å². The van der Waals surface area contributed by atoms with Crippen molar-refractivity contribution in [3.63, 3.8) is 0 Å². The zero-order valence-electron chi connectivity index (χ0n) is 25.8. The van der Waals surface area contributed by atoms with Crippen LogP contribution in [0, 0.1) is 17.8 Å². The summed E-state index contributed by atoms with van der Waals surface area (Å²) in [7, 11) is 1.88. The normalized spacial score (nSPS) is 28.0. The molecule has 0 aromatic heterocycles. The molecule has 0 fully saturated rings. The van der Waals surface area contributed by atoms with Gasteiger partial charge >= 0.3 is 0 Å². The zero-order valence-corrected chi connectivity index (χ0v) is 27.3. The van der Waals surface area contributed by atoms with Crippen LogP contribution in [0.4, 0.5) is 5.69 Å². The smallest absolute Gasteiger partial charge is 0.261 e. The second-order valence-corrected chi connectivity index (χ2v) is 13.8. The third-order valence-electron chi connectivity index (χ3n) is 9.28. The molecular formula is C34H49ClN2O3S. The van der Waals surface area contributed by atoms with Gasteiger partial charge in [0, 0.05) is 42.0 Å². The van der Waals surface area contributed by atoms with Crippen LogP contribution in [0.15, 0.2) is 36.4 Å². The third kappa shape index (κ3) is 7.94. The van der Waals surface area contributed by atoms with Gasteiger partial charge in [-0.2, -0.15) is 0 Å². The van der Waals surface area contributed by atoms with Crippen LogP contribution in [0.2, 0.25) is 5.02 Å². The summed E-state index contributed by atoms with van der Waals surface area (Å²) in [6.45, 7) is 13.6. The summed E-state index contributed by atoms with van der Waals surface area (Å²) in [5.41, 5.74) is 4.28. The molecule has 6 unspecified atom stereocenters. The third-order valence-corrected chi connectivity index (χ3v) is 10.7. The highest BCUT2D eigenvalue weighted by atomic mass is 35.5. The summed E-state index contributed by atoms with van der Waals surface area (Å²) in [6, 6.07) is 12.2. The summed E-state index contributed by atoms with van der Waals surface area (Å²) in [4.78, 5) is 15.8. The second-order valence-electron chi connectivity index (χ2n) is 12.2. The Morgan fingerprint density at radius 2 is 1.88 bits per heavy atom. The fraction of sp³-hybridized carbons (Fsp3) is 0.618. The maximum atomic E-state index is 13.3. The van der Waals surface area contributed by atoms with Gasteiger partial charge < -0.3 is 14.4 Å². The van der Waals surface area contributed by atoms with Crippen LogP contribution in [-0.4, -0.2) is 44.1 Å². The number of nitrogens with one attached hydrogen (secondary N) is 1. The van der Waals surface area contributed by atoms with E-state index in [1.807, 2.05) is 31.4 Å². The molecule has 6 atom stereocenters. The van der Waals surface area contributed by atoms with Gasteiger partial charge in [-0.05, 0) is 90.4 Å². The average Bonchev–Trinajstić information content (AvgIpc) is 3.14. The van der Waals surface area contributed by atoms with Crippen molar-refractivity contribution in [2.75, 3.05) is 31.7 Å². The van der Waals surface area contributed by atoms with E-state index in [2.05, 4.69) is 56.4 Å². The number of methoxy groups -OCH3 is 1. The molecule has 2 aromatic carbocycles. The summed E-state index contributed by atoms with van der Waals surface area (Å²) >= 11 is 7.96. The lowest BCUT2D eigenvalue weighted by molar-refractivity contribution is 0.0209. The highest BCUT2D eigenvalue weighted by molar-refractivity contribution is 7.98. The number of carbonyl (C=O) groups excluding carboxylic acids is 1. The molecule has 4 rings (SSSR count). The van der Waals surface area contributed by atoms with E-state index in [9.17, 15) is 4.79 Å². The molecule has 2 aromatic rings. The topological polar surface area (TPSA) is 50.8 Å². The minimum absolute atomic E-state index is 0.0495. The minimum Gasteiger partial charge on any atom is -0.491 e. The second kappa shape index (κ2) is 15.0. The number of hydrogen-bond donors (Lipinski definition) is 1. The monoisotopic (exact) mass is 600 g/mol. The lowest BCUT2D eigenvalue weighted by Crippen LogP contribution is -2.38. The SMILES string of the molecule is CCCc1cc(Cl)ccc1C1COc2ccc3cc2N(C1)CC(C)C(CC)C(OC)CCCC(C)C(C)SNC3=O.